The van der Waals surface area contributed by atoms with E-state index in [4.69, 9.17) is 0 Å². The highest BCUT2D eigenvalue weighted by molar-refractivity contribution is 9.10. The Labute approximate surface area is 121 Å². The highest BCUT2D eigenvalue weighted by Gasteiger charge is 2.25. The quantitative estimate of drug-likeness (QED) is 0.866. The number of benzene rings is 1. The van der Waals surface area contributed by atoms with Crippen LogP contribution in [0.1, 0.15) is 18.4 Å². The van der Waals surface area contributed by atoms with Crippen molar-refractivity contribution >= 4 is 31.9 Å². The van der Waals surface area contributed by atoms with Gasteiger partial charge >= 0.3 is 0 Å². The van der Waals surface area contributed by atoms with Crippen LogP contribution in [0.2, 0.25) is 0 Å². The standard InChI is InChI=1S/C12H15BrN2O3S/c1-8-2-3-10(7-11(8)13)19(17,18)15-9-4-5-14-12(16)6-9/h2-3,7,9,15H,4-6H2,1H3,(H,14,16)/t9-/m1/s1. The number of hydrogen-bond donors (Lipinski definition) is 2. The second kappa shape index (κ2) is 5.60. The first kappa shape index (κ1) is 14.5. The van der Waals surface area contributed by atoms with Crippen LogP contribution in [0.5, 0.6) is 0 Å². The van der Waals surface area contributed by atoms with Crippen LogP contribution in [0.4, 0.5) is 0 Å². The van der Waals surface area contributed by atoms with E-state index in [1.807, 2.05) is 6.92 Å². The zero-order chi connectivity index (χ0) is 14.0. The van der Waals surface area contributed by atoms with Gasteiger partial charge < -0.3 is 5.32 Å². The van der Waals surface area contributed by atoms with E-state index in [9.17, 15) is 13.2 Å². The second-order valence-electron chi connectivity index (χ2n) is 4.57. The zero-order valence-electron chi connectivity index (χ0n) is 10.4. The molecule has 1 saturated heterocycles. The first-order chi connectivity index (χ1) is 8.88. The highest BCUT2D eigenvalue weighted by Crippen LogP contribution is 2.21. The van der Waals surface area contributed by atoms with Gasteiger partial charge in [0, 0.05) is 23.5 Å². The average molecular weight is 347 g/mol. The van der Waals surface area contributed by atoms with Crippen molar-refractivity contribution in [3.8, 4) is 0 Å². The third-order valence-corrected chi connectivity index (χ3v) is 5.39. The van der Waals surface area contributed by atoms with Gasteiger partial charge in [0.25, 0.3) is 0 Å². The molecule has 1 heterocycles. The summed E-state index contributed by atoms with van der Waals surface area (Å²) in [6, 6.07) is 4.54. The Morgan fingerprint density at radius 2 is 2.16 bits per heavy atom. The van der Waals surface area contributed by atoms with Crippen molar-refractivity contribution in [2.24, 2.45) is 0 Å². The molecule has 0 unspecified atom stereocenters. The molecule has 1 aliphatic heterocycles. The zero-order valence-corrected chi connectivity index (χ0v) is 12.8. The van der Waals surface area contributed by atoms with E-state index in [0.29, 0.717) is 13.0 Å². The Kier molecular flexibility index (Phi) is 4.27. The lowest BCUT2D eigenvalue weighted by Gasteiger charge is -2.23. The van der Waals surface area contributed by atoms with Gasteiger partial charge in [-0.15, -0.1) is 0 Å². The largest absolute Gasteiger partial charge is 0.356 e. The van der Waals surface area contributed by atoms with Gasteiger partial charge in [-0.25, -0.2) is 13.1 Å². The highest BCUT2D eigenvalue weighted by atomic mass is 79.9. The number of carbonyl (C=O) groups excluding carboxylic acids is 1. The summed E-state index contributed by atoms with van der Waals surface area (Å²) in [5.74, 6) is -0.121. The Morgan fingerprint density at radius 3 is 2.79 bits per heavy atom. The molecule has 0 aliphatic carbocycles. The Balaban J connectivity index is 2.17. The molecule has 1 aromatic carbocycles. The van der Waals surface area contributed by atoms with Gasteiger partial charge in [-0.2, -0.15) is 0 Å². The van der Waals surface area contributed by atoms with Gasteiger partial charge in [0.2, 0.25) is 15.9 Å². The van der Waals surface area contributed by atoms with Gasteiger partial charge in [0.05, 0.1) is 4.90 Å². The summed E-state index contributed by atoms with van der Waals surface area (Å²) in [7, 11) is -3.58. The monoisotopic (exact) mass is 346 g/mol. The first-order valence-electron chi connectivity index (χ1n) is 5.94. The Hall–Kier alpha value is -0.920. The molecule has 0 bridgehead atoms. The van der Waals surface area contributed by atoms with Gasteiger partial charge in [0.1, 0.15) is 0 Å². The maximum atomic E-state index is 12.2. The number of rotatable bonds is 3. The molecule has 1 fully saturated rings. The summed E-state index contributed by atoms with van der Waals surface area (Å²) in [4.78, 5) is 11.4. The van der Waals surface area contributed by atoms with Crippen LogP contribution in [0, 0.1) is 6.92 Å². The SMILES string of the molecule is Cc1ccc(S(=O)(=O)N[C@@H]2CCNC(=O)C2)cc1Br. The van der Waals surface area contributed by atoms with Gasteiger partial charge in [0.15, 0.2) is 0 Å². The van der Waals surface area contributed by atoms with E-state index in [2.05, 4.69) is 26.0 Å². The van der Waals surface area contributed by atoms with E-state index in [1.54, 1.807) is 18.2 Å². The molecule has 0 aromatic heterocycles. The maximum Gasteiger partial charge on any atom is 0.240 e. The number of sulfonamides is 1. The third kappa shape index (κ3) is 3.55. The van der Waals surface area contributed by atoms with Crippen molar-refractivity contribution in [3.05, 3.63) is 28.2 Å². The molecule has 1 amide bonds. The van der Waals surface area contributed by atoms with Gasteiger partial charge in [-0.1, -0.05) is 22.0 Å². The van der Waals surface area contributed by atoms with E-state index in [-0.39, 0.29) is 23.3 Å². The molecule has 2 rings (SSSR count). The fraction of sp³-hybridized carbons (Fsp3) is 0.417. The van der Waals surface area contributed by atoms with Crippen LogP contribution < -0.4 is 10.0 Å². The molecule has 2 N–H and O–H groups in total. The maximum absolute atomic E-state index is 12.2. The molecule has 1 atom stereocenters. The van der Waals surface area contributed by atoms with Crippen molar-refractivity contribution < 1.29 is 13.2 Å². The molecular weight excluding hydrogens is 332 g/mol. The fourth-order valence-electron chi connectivity index (χ4n) is 1.91. The minimum absolute atomic E-state index is 0.121. The number of nitrogens with one attached hydrogen (secondary N) is 2. The lowest BCUT2D eigenvalue weighted by atomic mass is 10.1. The smallest absolute Gasteiger partial charge is 0.240 e. The normalized spacial score (nSPS) is 20.1. The summed E-state index contributed by atoms with van der Waals surface area (Å²) in [5.41, 5.74) is 0.969. The average Bonchev–Trinajstić information content (AvgIpc) is 2.32. The lowest BCUT2D eigenvalue weighted by Crippen LogP contribution is -2.45. The first-order valence-corrected chi connectivity index (χ1v) is 8.21. The number of hydrogen-bond acceptors (Lipinski definition) is 3. The van der Waals surface area contributed by atoms with E-state index in [1.165, 1.54) is 0 Å². The summed E-state index contributed by atoms with van der Waals surface area (Å²) in [6.45, 7) is 2.39. The molecule has 104 valence electrons. The molecule has 7 heteroatoms. The molecule has 5 nitrogen and oxygen atoms in total. The lowest BCUT2D eigenvalue weighted by molar-refractivity contribution is -0.122. The number of carbonyl (C=O) groups is 1. The minimum atomic E-state index is -3.58. The van der Waals surface area contributed by atoms with E-state index >= 15 is 0 Å². The van der Waals surface area contributed by atoms with Gasteiger partial charge in [-0.3, -0.25) is 4.79 Å². The van der Waals surface area contributed by atoms with Crippen molar-refractivity contribution in [1.82, 2.24) is 10.0 Å². The Bertz CT molecular complexity index is 601. The molecule has 0 spiro atoms. The summed E-state index contributed by atoms with van der Waals surface area (Å²) < 4.78 is 27.7. The van der Waals surface area contributed by atoms with E-state index < -0.39 is 10.0 Å². The van der Waals surface area contributed by atoms with Crippen molar-refractivity contribution in [3.63, 3.8) is 0 Å². The van der Waals surface area contributed by atoms with Crippen LogP contribution in [0.3, 0.4) is 0 Å². The van der Waals surface area contributed by atoms with Crippen molar-refractivity contribution in [2.75, 3.05) is 6.54 Å². The van der Waals surface area contributed by atoms with Crippen LogP contribution in [0.25, 0.3) is 0 Å². The molecule has 19 heavy (non-hydrogen) atoms. The second-order valence-corrected chi connectivity index (χ2v) is 7.14. The van der Waals surface area contributed by atoms with Gasteiger partial charge in [-0.05, 0) is 31.0 Å². The minimum Gasteiger partial charge on any atom is -0.356 e. The summed E-state index contributed by atoms with van der Waals surface area (Å²) in [5, 5.41) is 2.67. The third-order valence-electron chi connectivity index (χ3n) is 3.02. The van der Waals surface area contributed by atoms with Crippen LogP contribution >= 0.6 is 15.9 Å². The summed E-state index contributed by atoms with van der Waals surface area (Å²) >= 11 is 3.32. The van der Waals surface area contributed by atoms with Crippen molar-refractivity contribution in [2.45, 2.75) is 30.7 Å². The number of aryl methyl sites for hydroxylation is 1. The van der Waals surface area contributed by atoms with Crippen LogP contribution in [-0.4, -0.2) is 26.9 Å². The van der Waals surface area contributed by atoms with Crippen LogP contribution in [0.15, 0.2) is 27.6 Å². The topological polar surface area (TPSA) is 75.3 Å². The molecule has 1 aliphatic rings. The van der Waals surface area contributed by atoms with Crippen molar-refractivity contribution in [1.29, 1.82) is 0 Å². The number of piperidine rings is 1. The predicted octanol–water partition coefficient (Wildman–Crippen LogP) is 1.31. The van der Waals surface area contributed by atoms with Crippen LogP contribution in [-0.2, 0) is 14.8 Å². The van der Waals surface area contributed by atoms with E-state index in [0.717, 1.165) is 10.0 Å². The number of amides is 1. The fourth-order valence-corrected chi connectivity index (χ4v) is 3.74. The Morgan fingerprint density at radius 1 is 1.42 bits per heavy atom. The molecular formula is C12H15BrN2O3S. The molecule has 0 radical (unpaired) electrons. The molecule has 0 saturated carbocycles. The predicted molar refractivity (Wildman–Crippen MR) is 75.2 cm³/mol. The number of halogens is 1. The molecule has 1 aromatic rings. The summed E-state index contributed by atoms with van der Waals surface area (Å²) in [6.07, 6.45) is 0.796.